The Bertz CT molecular complexity index is 1460. The van der Waals surface area contributed by atoms with Gasteiger partial charge in [-0.2, -0.15) is 0 Å². The summed E-state index contributed by atoms with van der Waals surface area (Å²) in [5.74, 6) is -8.48. The first-order valence-corrected chi connectivity index (χ1v) is 19.2. The lowest BCUT2D eigenvalue weighted by Crippen LogP contribution is -2.59. The number of rotatable bonds is 27. The summed E-state index contributed by atoms with van der Waals surface area (Å²) in [6.45, 7) is 5.02. The Labute approximate surface area is 336 Å². The lowest BCUT2D eigenvalue weighted by molar-refractivity contribution is -0.142. The number of nitrogens with one attached hydrogen (secondary N) is 9. The van der Waals surface area contributed by atoms with Crippen molar-refractivity contribution in [2.75, 3.05) is 32.8 Å². The van der Waals surface area contributed by atoms with Crippen LogP contribution in [0.2, 0.25) is 0 Å². The van der Waals surface area contributed by atoms with E-state index in [9.17, 15) is 58.2 Å². The molecule has 1 rings (SSSR count). The van der Waals surface area contributed by atoms with Crippen LogP contribution in [0.3, 0.4) is 0 Å². The molecule has 1 saturated heterocycles. The maximum Gasteiger partial charge on any atom is 0.326 e. The van der Waals surface area contributed by atoms with E-state index in [-0.39, 0.29) is 31.1 Å². The molecule has 7 atom stereocenters. The smallest absolute Gasteiger partial charge is 0.326 e. The van der Waals surface area contributed by atoms with Crippen LogP contribution in [0.5, 0.6) is 0 Å². The van der Waals surface area contributed by atoms with E-state index >= 15 is 0 Å². The molecule has 23 nitrogen and oxygen atoms in total. The molecule has 58 heavy (non-hydrogen) atoms. The van der Waals surface area contributed by atoms with Crippen molar-refractivity contribution in [3.8, 4) is 0 Å². The molecule has 0 aromatic carbocycles. The summed E-state index contributed by atoms with van der Waals surface area (Å²) in [6, 6.07) is -8.18. The van der Waals surface area contributed by atoms with Crippen molar-refractivity contribution >= 4 is 59.1 Å². The third-order valence-electron chi connectivity index (χ3n) is 8.80. The summed E-state index contributed by atoms with van der Waals surface area (Å²) in [6.07, 6.45) is 1.97. The Balaban J connectivity index is 2.83. The number of carbonyl (C=O) groups excluding carboxylic acids is 9. The Morgan fingerprint density at radius 2 is 1.24 bits per heavy atom. The van der Waals surface area contributed by atoms with Crippen LogP contribution in [0.15, 0.2) is 0 Å². The van der Waals surface area contributed by atoms with Gasteiger partial charge in [-0.05, 0) is 77.8 Å². The molecular weight excluding hydrogens is 766 g/mol. The van der Waals surface area contributed by atoms with Crippen molar-refractivity contribution in [2.45, 2.75) is 121 Å². The minimum Gasteiger partial charge on any atom is -0.480 e. The number of hydrogen-bond acceptors (Lipinski definition) is 13. The van der Waals surface area contributed by atoms with Gasteiger partial charge < -0.3 is 69.5 Å². The highest BCUT2D eigenvalue weighted by Gasteiger charge is 2.31. The van der Waals surface area contributed by atoms with E-state index in [1.165, 1.54) is 13.8 Å². The first-order chi connectivity index (χ1) is 27.3. The molecule has 1 heterocycles. The molecule has 328 valence electrons. The van der Waals surface area contributed by atoms with E-state index in [2.05, 4.69) is 47.9 Å². The highest BCUT2D eigenvalue weighted by molar-refractivity contribution is 5.97. The van der Waals surface area contributed by atoms with Crippen molar-refractivity contribution in [3.63, 3.8) is 0 Å². The van der Waals surface area contributed by atoms with Crippen molar-refractivity contribution in [3.05, 3.63) is 0 Å². The maximum atomic E-state index is 13.2. The van der Waals surface area contributed by atoms with Crippen LogP contribution in [-0.2, 0) is 47.9 Å². The van der Waals surface area contributed by atoms with Crippen LogP contribution in [0.25, 0.3) is 0 Å². The Morgan fingerprint density at radius 1 is 0.672 bits per heavy atom. The van der Waals surface area contributed by atoms with Gasteiger partial charge >= 0.3 is 5.97 Å². The first-order valence-electron chi connectivity index (χ1n) is 19.2. The zero-order valence-corrected chi connectivity index (χ0v) is 33.4. The SMILES string of the molecule is CC(C)CC(NC(=O)CNC(=O)CNC(=O)C(CCC(N)=O)NC(=O)C(CO)NC(=O)C(C)NC(=O)C(CCCCN)NC(=O)C(C)NC(=O)C1CCCN1)C(=O)O. The highest BCUT2D eigenvalue weighted by atomic mass is 16.4. The number of hydrogen-bond donors (Lipinski definition) is 13. The normalized spacial score (nSPS) is 16.6. The first kappa shape index (κ1) is 50.6. The molecule has 1 fully saturated rings. The molecule has 0 aromatic heterocycles. The fourth-order valence-corrected chi connectivity index (χ4v) is 5.51. The van der Waals surface area contributed by atoms with Gasteiger partial charge in [0, 0.05) is 6.42 Å². The maximum absolute atomic E-state index is 13.2. The average Bonchev–Trinajstić information content (AvgIpc) is 3.71. The van der Waals surface area contributed by atoms with Gasteiger partial charge in [-0.3, -0.25) is 43.2 Å². The van der Waals surface area contributed by atoms with E-state index in [1.54, 1.807) is 13.8 Å². The monoisotopic (exact) mass is 827 g/mol. The van der Waals surface area contributed by atoms with Gasteiger partial charge in [0.2, 0.25) is 53.2 Å². The largest absolute Gasteiger partial charge is 0.480 e. The molecule has 0 aromatic rings. The second kappa shape index (κ2) is 26.5. The Morgan fingerprint density at radius 3 is 1.79 bits per heavy atom. The predicted octanol–water partition coefficient (Wildman–Crippen LogP) is -5.56. The topological polar surface area (TPSA) is 371 Å². The minimum atomic E-state index is -1.67. The number of aliphatic hydroxyl groups is 1. The molecule has 0 radical (unpaired) electrons. The second-order valence-corrected chi connectivity index (χ2v) is 14.3. The van der Waals surface area contributed by atoms with Gasteiger partial charge in [0.15, 0.2) is 0 Å². The number of amides is 9. The molecular formula is C35H61N11O12. The average molecular weight is 828 g/mol. The molecule has 0 spiro atoms. The fraction of sp³-hybridized carbons (Fsp3) is 0.714. The molecule has 0 bridgehead atoms. The number of primary amides is 1. The minimum absolute atomic E-state index is 0.0387. The molecule has 7 unspecified atom stereocenters. The summed E-state index contributed by atoms with van der Waals surface area (Å²) in [5.41, 5.74) is 10.8. The van der Waals surface area contributed by atoms with E-state index in [4.69, 9.17) is 11.5 Å². The summed E-state index contributed by atoms with van der Waals surface area (Å²) >= 11 is 0. The summed E-state index contributed by atoms with van der Waals surface area (Å²) in [4.78, 5) is 125. The standard InChI is InChI=1S/C35H61N11O12/c1-18(2)14-24(35(57)58)43-28(50)16-39-27(49)15-40-31(53)23(10-11-26(37)48)45-34(56)25(17-47)46-30(52)20(4)42-33(55)22(8-5-6-12-36)44-29(51)19(3)41-32(54)21-9-7-13-38-21/h18-25,38,47H,5-17,36H2,1-4H3,(H2,37,48)(H,39,49)(H,40,53)(H,41,54)(H,42,55)(H,43,50)(H,44,51)(H,45,56)(H,46,52)(H,57,58). The Kier molecular flexibility index (Phi) is 23.1. The number of unbranched alkanes of at least 4 members (excludes halogenated alkanes) is 1. The zero-order valence-electron chi connectivity index (χ0n) is 33.4. The van der Waals surface area contributed by atoms with Crippen LogP contribution in [0, 0.1) is 5.92 Å². The van der Waals surface area contributed by atoms with E-state index in [1.807, 2.05) is 0 Å². The van der Waals surface area contributed by atoms with E-state index in [0.29, 0.717) is 32.4 Å². The summed E-state index contributed by atoms with van der Waals surface area (Å²) < 4.78 is 0. The number of carboxylic acid groups (broad SMARTS) is 1. The third-order valence-corrected chi connectivity index (χ3v) is 8.80. The van der Waals surface area contributed by atoms with Gasteiger partial charge in [0.05, 0.1) is 25.7 Å². The number of carbonyl (C=O) groups is 10. The lowest BCUT2D eigenvalue weighted by atomic mass is 10.0. The molecule has 9 amide bonds. The second-order valence-electron chi connectivity index (χ2n) is 14.3. The van der Waals surface area contributed by atoms with Crippen LogP contribution in [0.4, 0.5) is 0 Å². The van der Waals surface area contributed by atoms with Gasteiger partial charge in [-0.1, -0.05) is 13.8 Å². The van der Waals surface area contributed by atoms with Crippen LogP contribution >= 0.6 is 0 Å². The number of carboxylic acids is 1. The number of aliphatic carboxylic acids is 1. The van der Waals surface area contributed by atoms with Crippen LogP contribution < -0.4 is 59.3 Å². The summed E-state index contributed by atoms with van der Waals surface area (Å²) in [7, 11) is 0. The lowest BCUT2D eigenvalue weighted by Gasteiger charge is -2.25. The molecule has 23 heteroatoms. The van der Waals surface area contributed by atoms with Crippen molar-refractivity contribution < 1.29 is 58.2 Å². The number of aliphatic hydroxyl groups excluding tert-OH is 1. The summed E-state index contributed by atoms with van der Waals surface area (Å²) in [5, 5.41) is 41.1. The number of nitrogens with two attached hydrogens (primary N) is 2. The van der Waals surface area contributed by atoms with Crippen LogP contribution in [-0.4, -0.2) is 144 Å². The molecule has 0 saturated carbocycles. The molecule has 15 N–H and O–H groups in total. The Hall–Kier alpha value is -5.42. The zero-order chi connectivity index (χ0) is 43.9. The van der Waals surface area contributed by atoms with Gasteiger partial charge in [0.1, 0.15) is 36.3 Å². The van der Waals surface area contributed by atoms with E-state index in [0.717, 1.165) is 6.42 Å². The van der Waals surface area contributed by atoms with Crippen LogP contribution in [0.1, 0.15) is 79.1 Å². The highest BCUT2D eigenvalue weighted by Crippen LogP contribution is 2.07. The van der Waals surface area contributed by atoms with Gasteiger partial charge in [0.25, 0.3) is 0 Å². The fourth-order valence-electron chi connectivity index (χ4n) is 5.51. The van der Waals surface area contributed by atoms with Gasteiger partial charge in [-0.15, -0.1) is 0 Å². The van der Waals surface area contributed by atoms with Crippen molar-refractivity contribution in [2.24, 2.45) is 17.4 Å². The van der Waals surface area contributed by atoms with Crippen molar-refractivity contribution in [1.29, 1.82) is 0 Å². The molecule has 0 aliphatic carbocycles. The quantitative estimate of drug-likeness (QED) is 0.0344. The third kappa shape index (κ3) is 19.6. The van der Waals surface area contributed by atoms with Crippen molar-refractivity contribution in [1.82, 2.24) is 47.9 Å². The van der Waals surface area contributed by atoms with Gasteiger partial charge in [-0.25, -0.2) is 4.79 Å². The van der Waals surface area contributed by atoms with E-state index < -0.39 is 122 Å². The predicted molar refractivity (Wildman–Crippen MR) is 205 cm³/mol. The molecule has 1 aliphatic heterocycles. The molecule has 1 aliphatic rings.